The number of nitrogens with zero attached hydrogens (tertiary/aromatic N) is 4. The number of hydrogen-bond acceptors (Lipinski definition) is 5. The highest BCUT2D eigenvalue weighted by molar-refractivity contribution is 6.07. The third-order valence-corrected chi connectivity index (χ3v) is 5.98. The monoisotopic (exact) mass is 400 g/mol. The number of aromatic nitrogens is 2. The van der Waals surface area contributed by atoms with Crippen LogP contribution in [-0.2, 0) is 0 Å². The Bertz CT molecular complexity index is 1090. The van der Waals surface area contributed by atoms with Crippen molar-refractivity contribution in [3.8, 4) is 0 Å². The SMILES string of the molecule is O=C(c1ccncc1)N1C[C@@H]2[C@H](c3ccccc31)[C@H](CO)N2C(=O)c1ccccn1. The fourth-order valence-electron chi connectivity index (χ4n) is 4.63. The van der Waals surface area contributed by atoms with Crippen molar-refractivity contribution in [1.82, 2.24) is 14.9 Å². The lowest BCUT2D eigenvalue weighted by Crippen LogP contribution is -2.70. The summed E-state index contributed by atoms with van der Waals surface area (Å²) in [6, 6.07) is 15.7. The lowest BCUT2D eigenvalue weighted by molar-refractivity contribution is -0.0250. The highest BCUT2D eigenvalue weighted by atomic mass is 16.3. The van der Waals surface area contributed by atoms with Gasteiger partial charge in [0.25, 0.3) is 11.8 Å². The molecule has 150 valence electrons. The summed E-state index contributed by atoms with van der Waals surface area (Å²) in [5.41, 5.74) is 2.67. The summed E-state index contributed by atoms with van der Waals surface area (Å²) < 4.78 is 0. The van der Waals surface area contributed by atoms with Crippen molar-refractivity contribution in [3.05, 3.63) is 90.0 Å². The molecule has 4 heterocycles. The number of rotatable bonds is 3. The smallest absolute Gasteiger partial charge is 0.273 e. The lowest BCUT2D eigenvalue weighted by Gasteiger charge is -2.58. The molecule has 0 spiro atoms. The largest absolute Gasteiger partial charge is 0.394 e. The first-order valence-electron chi connectivity index (χ1n) is 9.86. The Hall–Kier alpha value is -3.58. The van der Waals surface area contributed by atoms with Gasteiger partial charge in [-0.15, -0.1) is 0 Å². The Morgan fingerprint density at radius 3 is 2.47 bits per heavy atom. The predicted octanol–water partition coefficient (Wildman–Crippen LogP) is 2.11. The second kappa shape index (κ2) is 7.35. The summed E-state index contributed by atoms with van der Waals surface area (Å²) in [5.74, 6) is -0.395. The number of amides is 2. The van der Waals surface area contributed by atoms with Crippen LogP contribution in [-0.4, -0.2) is 57.0 Å². The predicted molar refractivity (Wildman–Crippen MR) is 110 cm³/mol. The normalized spacial score (nSPS) is 22.0. The minimum atomic E-state index is -0.344. The molecule has 1 aromatic carbocycles. The maximum absolute atomic E-state index is 13.3. The van der Waals surface area contributed by atoms with E-state index in [9.17, 15) is 14.7 Å². The first kappa shape index (κ1) is 18.4. The first-order chi connectivity index (χ1) is 14.7. The molecule has 0 radical (unpaired) electrons. The zero-order valence-corrected chi connectivity index (χ0v) is 16.1. The molecule has 2 aliphatic rings. The summed E-state index contributed by atoms with van der Waals surface area (Å²) in [4.78, 5) is 38.0. The van der Waals surface area contributed by atoms with Crippen LogP contribution in [0.25, 0.3) is 0 Å². The number of likely N-dealkylation sites (tertiary alicyclic amines) is 1. The van der Waals surface area contributed by atoms with Gasteiger partial charge in [0.2, 0.25) is 0 Å². The summed E-state index contributed by atoms with van der Waals surface area (Å²) in [5, 5.41) is 10.1. The first-order valence-corrected chi connectivity index (χ1v) is 9.86. The van der Waals surface area contributed by atoms with Crippen LogP contribution in [0.4, 0.5) is 5.69 Å². The van der Waals surface area contributed by atoms with Crippen molar-refractivity contribution in [1.29, 1.82) is 0 Å². The zero-order valence-electron chi connectivity index (χ0n) is 16.1. The fraction of sp³-hybridized carbons (Fsp3) is 0.217. The topological polar surface area (TPSA) is 86.6 Å². The number of fused-ring (bicyclic) bond motifs is 3. The minimum Gasteiger partial charge on any atom is -0.394 e. The van der Waals surface area contributed by atoms with Crippen molar-refractivity contribution in [2.75, 3.05) is 18.1 Å². The van der Waals surface area contributed by atoms with Gasteiger partial charge < -0.3 is 14.9 Å². The van der Waals surface area contributed by atoms with Crippen LogP contribution in [0, 0.1) is 0 Å². The van der Waals surface area contributed by atoms with Gasteiger partial charge in [0.1, 0.15) is 5.69 Å². The molecule has 3 aromatic rings. The molecule has 0 unspecified atom stereocenters. The maximum Gasteiger partial charge on any atom is 0.273 e. The summed E-state index contributed by atoms with van der Waals surface area (Å²) >= 11 is 0. The Labute approximate surface area is 173 Å². The molecule has 1 fully saturated rings. The summed E-state index contributed by atoms with van der Waals surface area (Å²) in [7, 11) is 0. The van der Waals surface area contributed by atoms with Crippen molar-refractivity contribution >= 4 is 17.5 Å². The van der Waals surface area contributed by atoms with Crippen molar-refractivity contribution < 1.29 is 14.7 Å². The zero-order chi connectivity index (χ0) is 20.7. The van der Waals surface area contributed by atoms with Crippen LogP contribution in [0.1, 0.15) is 32.3 Å². The molecule has 2 amide bonds. The fourth-order valence-corrected chi connectivity index (χ4v) is 4.63. The number of benzene rings is 1. The number of carbonyl (C=O) groups excluding carboxylic acids is 2. The van der Waals surface area contributed by atoms with E-state index < -0.39 is 0 Å². The van der Waals surface area contributed by atoms with E-state index >= 15 is 0 Å². The second-order valence-corrected chi connectivity index (χ2v) is 7.48. The number of pyridine rings is 2. The molecule has 30 heavy (non-hydrogen) atoms. The molecule has 3 atom stereocenters. The number of para-hydroxylation sites is 1. The van der Waals surface area contributed by atoms with Crippen molar-refractivity contribution in [2.24, 2.45) is 0 Å². The number of carbonyl (C=O) groups is 2. The molecular weight excluding hydrogens is 380 g/mol. The Morgan fingerprint density at radius 1 is 0.967 bits per heavy atom. The van der Waals surface area contributed by atoms with Gasteiger partial charge in [-0.25, -0.2) is 0 Å². The Balaban J connectivity index is 1.54. The van der Waals surface area contributed by atoms with Crippen molar-refractivity contribution in [3.63, 3.8) is 0 Å². The van der Waals surface area contributed by atoms with Crippen LogP contribution >= 0.6 is 0 Å². The third kappa shape index (κ3) is 2.78. The van der Waals surface area contributed by atoms with E-state index in [-0.39, 0.29) is 36.4 Å². The summed E-state index contributed by atoms with van der Waals surface area (Å²) in [6.45, 7) is 0.213. The van der Waals surface area contributed by atoms with E-state index in [1.165, 1.54) is 0 Å². The van der Waals surface area contributed by atoms with Crippen LogP contribution < -0.4 is 4.90 Å². The molecule has 2 aromatic heterocycles. The molecule has 0 saturated carbocycles. The minimum absolute atomic E-state index is 0.0275. The van der Waals surface area contributed by atoms with Gasteiger partial charge in [-0.2, -0.15) is 0 Å². The summed E-state index contributed by atoms with van der Waals surface area (Å²) in [6.07, 6.45) is 4.76. The van der Waals surface area contributed by atoms with Gasteiger partial charge in [-0.3, -0.25) is 19.6 Å². The van der Waals surface area contributed by atoms with Crippen LogP contribution in [0.2, 0.25) is 0 Å². The standard InChI is InChI=1S/C23H20N4O3/c28-14-20-21-16-5-1-2-7-18(16)26(22(29)15-8-11-24-12-9-15)13-19(21)27(20)23(30)17-6-3-4-10-25-17/h1-12,19-21,28H,13-14H2/t19-,20+,21+/m1/s1. The quantitative estimate of drug-likeness (QED) is 0.728. The van der Waals surface area contributed by atoms with Gasteiger partial charge in [-0.05, 0) is 35.9 Å². The van der Waals surface area contributed by atoms with Gasteiger partial charge in [0, 0.05) is 42.3 Å². The highest BCUT2D eigenvalue weighted by Crippen LogP contribution is 2.48. The van der Waals surface area contributed by atoms with Gasteiger partial charge in [0.15, 0.2) is 0 Å². The van der Waals surface area contributed by atoms with E-state index in [1.54, 1.807) is 58.7 Å². The lowest BCUT2D eigenvalue weighted by atomic mass is 9.71. The Morgan fingerprint density at radius 2 is 1.73 bits per heavy atom. The molecule has 0 bridgehead atoms. The number of hydrogen-bond donors (Lipinski definition) is 1. The number of anilines is 1. The Kier molecular flexibility index (Phi) is 4.52. The van der Waals surface area contributed by atoms with Gasteiger partial charge in [0.05, 0.1) is 18.7 Å². The molecule has 2 aliphatic heterocycles. The number of aliphatic hydroxyl groups excluding tert-OH is 1. The van der Waals surface area contributed by atoms with Crippen LogP contribution in [0.15, 0.2) is 73.2 Å². The van der Waals surface area contributed by atoms with Gasteiger partial charge in [-0.1, -0.05) is 24.3 Å². The van der Waals surface area contributed by atoms with E-state index in [4.69, 9.17) is 0 Å². The maximum atomic E-state index is 13.3. The number of aliphatic hydroxyl groups is 1. The van der Waals surface area contributed by atoms with Crippen molar-refractivity contribution in [2.45, 2.75) is 18.0 Å². The molecule has 7 nitrogen and oxygen atoms in total. The van der Waals surface area contributed by atoms with E-state index in [0.29, 0.717) is 17.8 Å². The van der Waals surface area contributed by atoms with Gasteiger partial charge >= 0.3 is 0 Å². The van der Waals surface area contributed by atoms with E-state index in [1.807, 2.05) is 24.3 Å². The molecule has 0 aliphatic carbocycles. The molecule has 1 N–H and O–H groups in total. The molecular formula is C23H20N4O3. The average Bonchev–Trinajstić information content (AvgIpc) is 2.80. The highest BCUT2D eigenvalue weighted by Gasteiger charge is 2.55. The van der Waals surface area contributed by atoms with E-state index in [0.717, 1.165) is 11.3 Å². The molecule has 5 rings (SSSR count). The van der Waals surface area contributed by atoms with Crippen LogP contribution in [0.5, 0.6) is 0 Å². The third-order valence-electron chi connectivity index (χ3n) is 5.98. The average molecular weight is 400 g/mol. The van der Waals surface area contributed by atoms with E-state index in [2.05, 4.69) is 9.97 Å². The molecule has 1 saturated heterocycles. The second-order valence-electron chi connectivity index (χ2n) is 7.48. The van der Waals surface area contributed by atoms with Crippen LogP contribution in [0.3, 0.4) is 0 Å². The molecule has 7 heteroatoms.